The normalized spacial score (nSPS) is 16.2. The lowest BCUT2D eigenvalue weighted by Crippen LogP contribution is -2.17. The van der Waals surface area contributed by atoms with Gasteiger partial charge in [-0.2, -0.15) is 0 Å². The Morgan fingerprint density at radius 2 is 1.95 bits per heavy atom. The molecular weight excluding hydrogens is 268 g/mol. The predicted molar refractivity (Wildman–Crippen MR) is 81.8 cm³/mol. The molecule has 0 unspecified atom stereocenters. The molecule has 3 nitrogen and oxygen atoms in total. The number of thiazole rings is 1. The van der Waals surface area contributed by atoms with Gasteiger partial charge in [0.15, 0.2) is 10.8 Å². The molecule has 1 aliphatic rings. The summed E-state index contributed by atoms with van der Waals surface area (Å²) in [6.07, 6.45) is 2.62. The molecule has 0 atom stereocenters. The van der Waals surface area contributed by atoms with E-state index in [0.717, 1.165) is 28.6 Å². The highest BCUT2D eigenvalue weighted by molar-refractivity contribution is 7.21. The van der Waals surface area contributed by atoms with Crippen LogP contribution >= 0.6 is 11.3 Å². The second kappa shape index (κ2) is 5.04. The van der Waals surface area contributed by atoms with Crippen LogP contribution in [0.15, 0.2) is 40.8 Å². The van der Waals surface area contributed by atoms with Crippen LogP contribution in [0.2, 0.25) is 0 Å². The average Bonchev–Trinajstić information content (AvgIpc) is 3.18. The molecule has 102 valence electrons. The van der Waals surface area contributed by atoms with E-state index in [1.165, 1.54) is 30.6 Å². The Hall–Kier alpha value is -1.65. The van der Waals surface area contributed by atoms with Crippen LogP contribution < -0.4 is 0 Å². The fourth-order valence-electron chi connectivity index (χ4n) is 2.72. The Kier molecular flexibility index (Phi) is 3.05. The van der Waals surface area contributed by atoms with Crippen molar-refractivity contribution in [1.29, 1.82) is 0 Å². The van der Waals surface area contributed by atoms with Gasteiger partial charge in [0.05, 0.1) is 16.8 Å². The smallest absolute Gasteiger partial charge is 0.163 e. The first-order valence-electron chi connectivity index (χ1n) is 7.05. The zero-order valence-corrected chi connectivity index (χ0v) is 12.0. The Labute approximate surface area is 121 Å². The van der Waals surface area contributed by atoms with Crippen LogP contribution in [0, 0.1) is 0 Å². The maximum absolute atomic E-state index is 5.97. The summed E-state index contributed by atoms with van der Waals surface area (Å²) >= 11 is 1.69. The summed E-state index contributed by atoms with van der Waals surface area (Å²) in [5, 5.41) is 0.971. The molecule has 2 aromatic heterocycles. The highest BCUT2D eigenvalue weighted by atomic mass is 32.1. The maximum atomic E-state index is 5.97. The molecule has 0 saturated carbocycles. The van der Waals surface area contributed by atoms with Gasteiger partial charge in [0.25, 0.3) is 0 Å². The summed E-state index contributed by atoms with van der Waals surface area (Å²) in [6.45, 7) is 3.30. The zero-order valence-electron chi connectivity index (χ0n) is 11.2. The van der Waals surface area contributed by atoms with Crippen molar-refractivity contribution in [3.05, 3.63) is 42.2 Å². The van der Waals surface area contributed by atoms with Gasteiger partial charge in [-0.05, 0) is 50.2 Å². The molecule has 0 aliphatic carbocycles. The number of hydrogen-bond donors (Lipinski definition) is 0. The molecule has 1 saturated heterocycles. The highest BCUT2D eigenvalue weighted by Crippen LogP contribution is 2.31. The van der Waals surface area contributed by atoms with Crippen LogP contribution in [-0.4, -0.2) is 23.0 Å². The average molecular weight is 284 g/mol. The number of hydrogen-bond acceptors (Lipinski definition) is 4. The van der Waals surface area contributed by atoms with Gasteiger partial charge < -0.3 is 4.42 Å². The molecule has 4 rings (SSSR count). The minimum atomic E-state index is 0.889. The predicted octanol–water partition coefficient (Wildman–Crippen LogP) is 4.15. The van der Waals surface area contributed by atoms with Crippen molar-refractivity contribution in [2.45, 2.75) is 19.4 Å². The minimum absolute atomic E-state index is 0.889. The highest BCUT2D eigenvalue weighted by Gasteiger charge is 2.15. The van der Waals surface area contributed by atoms with Gasteiger partial charge in [0.2, 0.25) is 0 Å². The molecule has 0 amide bonds. The standard InChI is InChI=1S/C16H16N2OS/c1-2-6-15-13(5-1)17-16(20-15)14-8-7-12(19-14)11-18-9-3-4-10-18/h1-2,5-8H,3-4,9-11H2. The SMILES string of the molecule is c1ccc2sc(-c3ccc(CN4CCCC4)o3)nc2c1. The summed E-state index contributed by atoms with van der Waals surface area (Å²) < 4.78 is 7.18. The molecule has 1 aromatic carbocycles. The number of rotatable bonds is 3. The van der Waals surface area contributed by atoms with Gasteiger partial charge in [-0.15, -0.1) is 11.3 Å². The van der Waals surface area contributed by atoms with Gasteiger partial charge in [-0.25, -0.2) is 4.98 Å². The van der Waals surface area contributed by atoms with E-state index in [2.05, 4.69) is 22.0 Å². The van der Waals surface area contributed by atoms with E-state index in [9.17, 15) is 0 Å². The molecule has 0 bridgehead atoms. The molecule has 1 fully saturated rings. The number of benzene rings is 1. The summed E-state index contributed by atoms with van der Waals surface area (Å²) in [5.41, 5.74) is 1.05. The third-order valence-electron chi connectivity index (χ3n) is 3.74. The van der Waals surface area contributed by atoms with Crippen molar-refractivity contribution >= 4 is 21.6 Å². The fraction of sp³-hybridized carbons (Fsp3) is 0.312. The Morgan fingerprint density at radius 3 is 2.80 bits per heavy atom. The van der Waals surface area contributed by atoms with Crippen molar-refractivity contribution in [3.8, 4) is 10.8 Å². The second-order valence-corrected chi connectivity index (χ2v) is 6.27. The molecule has 4 heteroatoms. The van der Waals surface area contributed by atoms with E-state index in [1.807, 2.05) is 24.3 Å². The molecule has 0 N–H and O–H groups in total. The number of aromatic nitrogens is 1. The van der Waals surface area contributed by atoms with E-state index in [4.69, 9.17) is 4.42 Å². The molecule has 3 aromatic rings. The van der Waals surface area contributed by atoms with E-state index in [-0.39, 0.29) is 0 Å². The molecule has 0 radical (unpaired) electrons. The lowest BCUT2D eigenvalue weighted by Gasteiger charge is -2.11. The third kappa shape index (κ3) is 2.25. The van der Waals surface area contributed by atoms with Crippen LogP contribution in [-0.2, 0) is 6.54 Å². The number of nitrogens with zero attached hydrogens (tertiary/aromatic N) is 2. The van der Waals surface area contributed by atoms with Gasteiger partial charge in [0, 0.05) is 0 Å². The largest absolute Gasteiger partial charge is 0.457 e. The molecule has 0 spiro atoms. The van der Waals surface area contributed by atoms with Gasteiger partial charge >= 0.3 is 0 Å². The van der Waals surface area contributed by atoms with Crippen molar-refractivity contribution in [3.63, 3.8) is 0 Å². The van der Waals surface area contributed by atoms with E-state index in [1.54, 1.807) is 11.3 Å². The minimum Gasteiger partial charge on any atom is -0.457 e. The van der Waals surface area contributed by atoms with Crippen molar-refractivity contribution in [2.24, 2.45) is 0 Å². The van der Waals surface area contributed by atoms with Crippen molar-refractivity contribution in [1.82, 2.24) is 9.88 Å². The Balaban J connectivity index is 1.60. The maximum Gasteiger partial charge on any atom is 0.163 e. The zero-order chi connectivity index (χ0) is 13.4. The summed E-state index contributed by atoms with van der Waals surface area (Å²) in [5.74, 6) is 1.93. The van der Waals surface area contributed by atoms with E-state index >= 15 is 0 Å². The van der Waals surface area contributed by atoms with Crippen LogP contribution in [0.5, 0.6) is 0 Å². The van der Waals surface area contributed by atoms with Crippen LogP contribution in [0.25, 0.3) is 21.0 Å². The van der Waals surface area contributed by atoms with Gasteiger partial charge in [-0.1, -0.05) is 12.1 Å². The second-order valence-electron chi connectivity index (χ2n) is 5.24. The first kappa shape index (κ1) is 12.1. The van der Waals surface area contributed by atoms with Crippen molar-refractivity contribution in [2.75, 3.05) is 13.1 Å². The lowest BCUT2D eigenvalue weighted by atomic mass is 10.3. The molecule has 3 heterocycles. The number of furan rings is 1. The quantitative estimate of drug-likeness (QED) is 0.723. The molecular formula is C16H16N2OS. The van der Waals surface area contributed by atoms with Gasteiger partial charge in [-0.3, -0.25) is 4.90 Å². The topological polar surface area (TPSA) is 29.3 Å². The van der Waals surface area contributed by atoms with Crippen LogP contribution in [0.1, 0.15) is 18.6 Å². The summed E-state index contributed by atoms with van der Waals surface area (Å²) in [6, 6.07) is 12.3. The van der Waals surface area contributed by atoms with Crippen LogP contribution in [0.3, 0.4) is 0 Å². The van der Waals surface area contributed by atoms with Gasteiger partial charge in [0.1, 0.15) is 5.76 Å². The molecule has 1 aliphatic heterocycles. The number of likely N-dealkylation sites (tertiary alicyclic amines) is 1. The first-order valence-corrected chi connectivity index (χ1v) is 7.87. The van der Waals surface area contributed by atoms with Crippen LogP contribution in [0.4, 0.5) is 0 Å². The Morgan fingerprint density at radius 1 is 1.10 bits per heavy atom. The van der Waals surface area contributed by atoms with E-state index in [0.29, 0.717) is 0 Å². The fourth-order valence-corrected chi connectivity index (χ4v) is 3.64. The third-order valence-corrected chi connectivity index (χ3v) is 4.80. The monoisotopic (exact) mass is 284 g/mol. The lowest BCUT2D eigenvalue weighted by molar-refractivity contribution is 0.299. The first-order chi connectivity index (χ1) is 9.88. The Bertz CT molecular complexity index is 692. The number of para-hydroxylation sites is 1. The molecule has 20 heavy (non-hydrogen) atoms. The summed E-state index contributed by atoms with van der Waals surface area (Å²) in [4.78, 5) is 7.08. The van der Waals surface area contributed by atoms with Crippen molar-refractivity contribution < 1.29 is 4.42 Å². The summed E-state index contributed by atoms with van der Waals surface area (Å²) in [7, 11) is 0. The number of fused-ring (bicyclic) bond motifs is 1. The van der Waals surface area contributed by atoms with E-state index < -0.39 is 0 Å².